The second kappa shape index (κ2) is 6.17. The van der Waals surface area contributed by atoms with Gasteiger partial charge in [0.2, 0.25) is 0 Å². The number of benzene rings is 1. The van der Waals surface area contributed by atoms with Crippen LogP contribution in [0.2, 0.25) is 0 Å². The van der Waals surface area contributed by atoms with Crippen molar-refractivity contribution in [3.8, 4) is 0 Å². The Morgan fingerprint density at radius 2 is 2.17 bits per heavy atom. The summed E-state index contributed by atoms with van der Waals surface area (Å²) in [6, 6.07) is 4.08. The van der Waals surface area contributed by atoms with Gasteiger partial charge in [-0.15, -0.1) is 0 Å². The Bertz CT molecular complexity index is 443. The molecule has 0 aromatic heterocycles. The van der Waals surface area contributed by atoms with E-state index in [1.165, 1.54) is 18.2 Å². The van der Waals surface area contributed by atoms with Crippen molar-refractivity contribution in [2.45, 2.75) is 12.5 Å². The molecule has 18 heavy (non-hydrogen) atoms. The van der Waals surface area contributed by atoms with E-state index >= 15 is 0 Å². The van der Waals surface area contributed by atoms with Gasteiger partial charge in [0.15, 0.2) is 0 Å². The van der Waals surface area contributed by atoms with Crippen molar-refractivity contribution < 1.29 is 18.8 Å². The predicted octanol–water partition coefficient (Wildman–Crippen LogP) is 2.07. The minimum atomic E-state index is -3.17. The van der Waals surface area contributed by atoms with Crippen molar-refractivity contribution in [3.63, 3.8) is 0 Å². The molecular weight excluding hydrogens is 314 g/mol. The minimum Gasteiger partial charge on any atom is -0.390 e. The third kappa shape index (κ3) is 4.28. The standard InChI is InChI=1S/C10H11BrF2N2O3/c11-9-3-8(15(17)18)2-1-7(9)4-14-5-10(12,13)6-16/h1-3,14,16H,4-6H2. The molecule has 1 aromatic carbocycles. The highest BCUT2D eigenvalue weighted by Gasteiger charge is 2.26. The monoisotopic (exact) mass is 324 g/mol. The molecule has 0 amide bonds. The Hall–Kier alpha value is -1.12. The maximum Gasteiger partial charge on any atom is 0.282 e. The Morgan fingerprint density at radius 1 is 1.50 bits per heavy atom. The van der Waals surface area contributed by atoms with Gasteiger partial charge in [0, 0.05) is 23.2 Å². The lowest BCUT2D eigenvalue weighted by Crippen LogP contribution is -2.35. The zero-order valence-corrected chi connectivity index (χ0v) is 10.8. The third-order valence-corrected chi connectivity index (χ3v) is 2.92. The summed E-state index contributed by atoms with van der Waals surface area (Å²) in [4.78, 5) is 9.95. The van der Waals surface area contributed by atoms with Gasteiger partial charge in [-0.05, 0) is 11.6 Å². The highest BCUT2D eigenvalue weighted by Crippen LogP contribution is 2.23. The number of nitrogens with one attached hydrogen (secondary N) is 1. The molecule has 0 saturated heterocycles. The maximum atomic E-state index is 12.7. The quantitative estimate of drug-likeness (QED) is 0.620. The molecule has 8 heteroatoms. The molecule has 0 unspecified atom stereocenters. The van der Waals surface area contributed by atoms with Gasteiger partial charge >= 0.3 is 0 Å². The van der Waals surface area contributed by atoms with Gasteiger partial charge in [0.05, 0.1) is 11.5 Å². The lowest BCUT2D eigenvalue weighted by molar-refractivity contribution is -0.384. The largest absolute Gasteiger partial charge is 0.390 e. The van der Waals surface area contributed by atoms with E-state index in [-0.39, 0.29) is 12.2 Å². The van der Waals surface area contributed by atoms with Crippen LogP contribution in [0.25, 0.3) is 0 Å². The van der Waals surface area contributed by atoms with Crippen molar-refractivity contribution in [3.05, 3.63) is 38.3 Å². The summed E-state index contributed by atoms with van der Waals surface area (Å²) in [7, 11) is 0. The van der Waals surface area contributed by atoms with Crippen LogP contribution < -0.4 is 5.32 Å². The smallest absolute Gasteiger partial charge is 0.282 e. The molecule has 0 saturated carbocycles. The van der Waals surface area contributed by atoms with Crippen LogP contribution in [-0.2, 0) is 6.54 Å². The van der Waals surface area contributed by atoms with E-state index in [4.69, 9.17) is 5.11 Å². The number of nitrogens with zero attached hydrogens (tertiary/aromatic N) is 1. The van der Waals surface area contributed by atoms with Gasteiger partial charge in [0.25, 0.3) is 11.6 Å². The van der Waals surface area contributed by atoms with Crippen LogP contribution in [0.3, 0.4) is 0 Å². The molecule has 0 fully saturated rings. The first kappa shape index (κ1) is 14.9. The van der Waals surface area contributed by atoms with E-state index in [9.17, 15) is 18.9 Å². The molecule has 1 rings (SSSR count). The summed E-state index contributed by atoms with van der Waals surface area (Å²) >= 11 is 3.13. The summed E-state index contributed by atoms with van der Waals surface area (Å²) < 4.78 is 25.9. The van der Waals surface area contributed by atoms with Gasteiger partial charge in [-0.25, -0.2) is 8.78 Å². The maximum absolute atomic E-state index is 12.7. The van der Waals surface area contributed by atoms with Crippen LogP contribution in [0, 0.1) is 10.1 Å². The summed E-state index contributed by atoms with van der Waals surface area (Å²) in [6.07, 6.45) is 0. The number of rotatable bonds is 6. The molecule has 2 N–H and O–H groups in total. The number of nitro groups is 1. The van der Waals surface area contributed by atoms with E-state index in [0.29, 0.717) is 10.0 Å². The number of halogens is 3. The van der Waals surface area contributed by atoms with Crippen LogP contribution in [0.4, 0.5) is 14.5 Å². The number of aliphatic hydroxyl groups is 1. The zero-order chi connectivity index (χ0) is 13.8. The zero-order valence-electron chi connectivity index (χ0n) is 9.20. The lowest BCUT2D eigenvalue weighted by atomic mass is 10.2. The van der Waals surface area contributed by atoms with Gasteiger partial charge in [-0.2, -0.15) is 0 Å². The summed E-state index contributed by atoms with van der Waals surface area (Å²) in [5.74, 6) is -3.17. The second-order valence-electron chi connectivity index (χ2n) is 3.65. The topological polar surface area (TPSA) is 75.4 Å². The van der Waals surface area contributed by atoms with Crippen LogP contribution >= 0.6 is 15.9 Å². The Kier molecular flexibility index (Phi) is 5.12. The second-order valence-corrected chi connectivity index (χ2v) is 4.50. The van der Waals surface area contributed by atoms with E-state index in [0.717, 1.165) is 0 Å². The van der Waals surface area contributed by atoms with Crippen LogP contribution in [0.15, 0.2) is 22.7 Å². The molecule has 1 aromatic rings. The molecular formula is C10H11BrF2N2O3. The normalized spacial score (nSPS) is 11.6. The molecule has 0 aliphatic carbocycles. The lowest BCUT2D eigenvalue weighted by Gasteiger charge is -2.14. The van der Waals surface area contributed by atoms with Crippen molar-refractivity contribution in [1.29, 1.82) is 0 Å². The highest BCUT2D eigenvalue weighted by molar-refractivity contribution is 9.10. The fourth-order valence-corrected chi connectivity index (χ4v) is 1.74. The van der Waals surface area contributed by atoms with Crippen LogP contribution in [0.1, 0.15) is 5.56 Å². The van der Waals surface area contributed by atoms with Gasteiger partial charge in [-0.3, -0.25) is 10.1 Å². The van der Waals surface area contributed by atoms with Gasteiger partial charge in [-0.1, -0.05) is 15.9 Å². The van der Waals surface area contributed by atoms with Crippen LogP contribution in [-0.4, -0.2) is 29.1 Å². The summed E-state index contributed by atoms with van der Waals surface area (Å²) in [5, 5.41) is 21.3. The molecule has 100 valence electrons. The first-order chi connectivity index (χ1) is 8.35. The molecule has 0 aliphatic rings. The number of aliphatic hydroxyl groups excluding tert-OH is 1. The third-order valence-electron chi connectivity index (χ3n) is 2.18. The fraction of sp³-hybridized carbons (Fsp3) is 0.400. The van der Waals surface area contributed by atoms with Crippen molar-refractivity contribution in [2.75, 3.05) is 13.2 Å². The van der Waals surface area contributed by atoms with Crippen molar-refractivity contribution in [1.82, 2.24) is 5.32 Å². The summed E-state index contributed by atoms with van der Waals surface area (Å²) in [5.41, 5.74) is 0.542. The van der Waals surface area contributed by atoms with Crippen LogP contribution in [0.5, 0.6) is 0 Å². The Morgan fingerprint density at radius 3 is 2.67 bits per heavy atom. The van der Waals surface area contributed by atoms with E-state index in [1.807, 2.05) is 0 Å². The predicted molar refractivity (Wildman–Crippen MR) is 64.5 cm³/mol. The van der Waals surface area contributed by atoms with Gasteiger partial charge in [0.1, 0.15) is 6.61 Å². The first-order valence-corrected chi connectivity index (χ1v) is 5.77. The molecule has 0 spiro atoms. The van der Waals surface area contributed by atoms with Gasteiger partial charge < -0.3 is 10.4 Å². The van der Waals surface area contributed by atoms with E-state index in [1.54, 1.807) is 0 Å². The average molecular weight is 325 g/mol. The number of nitro benzene ring substituents is 1. The number of hydrogen-bond donors (Lipinski definition) is 2. The molecule has 0 aliphatic heterocycles. The summed E-state index contributed by atoms with van der Waals surface area (Å²) in [6.45, 7) is -1.76. The highest BCUT2D eigenvalue weighted by atomic mass is 79.9. The number of hydrogen-bond acceptors (Lipinski definition) is 4. The average Bonchev–Trinajstić information content (AvgIpc) is 2.31. The fourth-order valence-electron chi connectivity index (χ4n) is 1.23. The number of non-ortho nitro benzene ring substituents is 1. The molecule has 0 radical (unpaired) electrons. The number of alkyl halides is 2. The Labute approximate surface area is 110 Å². The Balaban J connectivity index is 2.61. The van der Waals surface area contributed by atoms with E-state index < -0.39 is 24.0 Å². The SMILES string of the molecule is O=[N+]([O-])c1ccc(CNCC(F)(F)CO)c(Br)c1. The molecule has 5 nitrogen and oxygen atoms in total. The molecule has 0 bridgehead atoms. The molecule has 0 atom stereocenters. The van der Waals surface area contributed by atoms with E-state index in [2.05, 4.69) is 21.2 Å². The van der Waals surface area contributed by atoms with Crippen molar-refractivity contribution in [2.24, 2.45) is 0 Å². The van der Waals surface area contributed by atoms with Crippen molar-refractivity contribution >= 4 is 21.6 Å². The molecule has 0 heterocycles. The first-order valence-electron chi connectivity index (χ1n) is 4.98. The minimum absolute atomic E-state index is 0.0775.